The van der Waals surface area contributed by atoms with E-state index >= 15 is 0 Å². The Morgan fingerprint density at radius 2 is 2.26 bits per heavy atom. The van der Waals surface area contributed by atoms with Gasteiger partial charge in [0.25, 0.3) is 5.56 Å². The maximum Gasteiger partial charge on any atom is 0.357 e. The molecule has 2 heterocycles. The van der Waals surface area contributed by atoms with Crippen LogP contribution >= 0.6 is 0 Å². The topological polar surface area (TPSA) is 107 Å². The first-order chi connectivity index (χ1) is 9.06. The summed E-state index contributed by atoms with van der Waals surface area (Å²) in [6, 6.07) is 0. The van der Waals surface area contributed by atoms with Crippen LogP contribution in [0.5, 0.6) is 0 Å². The number of hydrogen-bond acceptors (Lipinski definition) is 6. The molecule has 102 valence electrons. The van der Waals surface area contributed by atoms with Gasteiger partial charge >= 0.3 is 5.97 Å². The molecular formula is C11H13N3O5. The summed E-state index contributed by atoms with van der Waals surface area (Å²) in [4.78, 5) is 23.2. The summed E-state index contributed by atoms with van der Waals surface area (Å²) < 4.78 is 11.0. The van der Waals surface area contributed by atoms with Gasteiger partial charge in [-0.2, -0.15) is 5.10 Å². The highest BCUT2D eigenvalue weighted by molar-refractivity contribution is 6.00. The van der Waals surface area contributed by atoms with Gasteiger partial charge in [-0.25, -0.2) is 9.48 Å². The van der Waals surface area contributed by atoms with Crippen molar-refractivity contribution in [1.82, 2.24) is 14.9 Å². The lowest BCUT2D eigenvalue weighted by Gasteiger charge is -2.06. The molecule has 2 aromatic rings. The van der Waals surface area contributed by atoms with Gasteiger partial charge in [0.2, 0.25) is 0 Å². The number of nitrogens with zero attached hydrogens (tertiary/aromatic N) is 3. The molecule has 0 aromatic carbocycles. The Labute approximate surface area is 107 Å². The summed E-state index contributed by atoms with van der Waals surface area (Å²) >= 11 is 0. The zero-order valence-corrected chi connectivity index (χ0v) is 10.5. The molecule has 0 spiro atoms. The molecule has 0 aliphatic heterocycles. The summed E-state index contributed by atoms with van der Waals surface area (Å²) in [6.45, 7) is 4.29. The first kappa shape index (κ1) is 13.2. The van der Waals surface area contributed by atoms with Crippen LogP contribution in [-0.4, -0.2) is 39.2 Å². The summed E-state index contributed by atoms with van der Waals surface area (Å²) in [7, 11) is 0. The second-order valence-corrected chi connectivity index (χ2v) is 3.84. The van der Waals surface area contributed by atoms with E-state index in [1.807, 2.05) is 6.92 Å². The molecule has 0 bridgehead atoms. The predicted octanol–water partition coefficient (Wildman–Crippen LogP) is 0.428. The van der Waals surface area contributed by atoms with Gasteiger partial charge in [0.15, 0.2) is 11.2 Å². The van der Waals surface area contributed by atoms with Crippen molar-refractivity contribution in [2.75, 3.05) is 13.2 Å². The average Bonchev–Trinajstić information content (AvgIpc) is 2.75. The summed E-state index contributed by atoms with van der Waals surface area (Å²) in [5, 5.41) is 16.7. The largest absolute Gasteiger partial charge is 0.476 e. The standard InChI is InChI=1S/C11H13N3O5/c1-3-18-5-4-14-10(15)8-7(6(2)19-13-8)9(12-14)11(16)17/h3-5H2,1-2H3,(H,16,17). The minimum absolute atomic E-state index is 0.0265. The Balaban J connectivity index is 2.57. The van der Waals surface area contributed by atoms with Gasteiger partial charge in [0.1, 0.15) is 5.76 Å². The van der Waals surface area contributed by atoms with Gasteiger partial charge in [0.05, 0.1) is 18.5 Å². The van der Waals surface area contributed by atoms with Gasteiger partial charge in [-0.3, -0.25) is 4.79 Å². The van der Waals surface area contributed by atoms with Crippen molar-refractivity contribution in [2.45, 2.75) is 20.4 Å². The number of hydrogen-bond donors (Lipinski definition) is 1. The third kappa shape index (κ3) is 2.34. The fourth-order valence-electron chi connectivity index (χ4n) is 1.73. The van der Waals surface area contributed by atoms with Crippen LogP contribution < -0.4 is 5.56 Å². The molecule has 0 amide bonds. The maximum absolute atomic E-state index is 12.0. The highest BCUT2D eigenvalue weighted by atomic mass is 16.5. The van der Waals surface area contributed by atoms with Crippen LogP contribution in [-0.2, 0) is 11.3 Å². The van der Waals surface area contributed by atoms with Crippen LogP contribution in [0.1, 0.15) is 23.2 Å². The number of aryl methyl sites for hydroxylation is 1. The van der Waals surface area contributed by atoms with Gasteiger partial charge in [-0.15, -0.1) is 0 Å². The molecule has 0 aliphatic carbocycles. The molecule has 0 aliphatic rings. The van der Waals surface area contributed by atoms with E-state index in [9.17, 15) is 9.59 Å². The predicted molar refractivity (Wildman–Crippen MR) is 64.3 cm³/mol. The van der Waals surface area contributed by atoms with E-state index in [-0.39, 0.29) is 35.5 Å². The van der Waals surface area contributed by atoms with Crippen LogP contribution in [0.4, 0.5) is 0 Å². The molecule has 1 N–H and O–H groups in total. The molecule has 0 atom stereocenters. The van der Waals surface area contributed by atoms with Crippen molar-refractivity contribution in [3.8, 4) is 0 Å². The number of aromatic nitrogens is 3. The van der Waals surface area contributed by atoms with Crippen LogP contribution in [0, 0.1) is 6.92 Å². The Morgan fingerprint density at radius 3 is 2.89 bits per heavy atom. The third-order valence-electron chi connectivity index (χ3n) is 2.61. The summed E-state index contributed by atoms with van der Waals surface area (Å²) in [5.41, 5.74) is -0.761. The van der Waals surface area contributed by atoms with Crippen molar-refractivity contribution in [2.24, 2.45) is 0 Å². The number of carbonyl (C=O) groups is 1. The quantitative estimate of drug-likeness (QED) is 0.782. The van der Waals surface area contributed by atoms with E-state index in [1.54, 1.807) is 0 Å². The van der Waals surface area contributed by atoms with Gasteiger partial charge < -0.3 is 14.4 Å². The fraction of sp³-hybridized carbons (Fsp3) is 0.455. The Kier molecular flexibility index (Phi) is 3.61. The van der Waals surface area contributed by atoms with E-state index in [1.165, 1.54) is 6.92 Å². The molecule has 8 nitrogen and oxygen atoms in total. The SMILES string of the molecule is CCOCCn1nc(C(=O)O)c2c(C)onc2c1=O. The van der Waals surface area contributed by atoms with Gasteiger partial charge in [0, 0.05) is 6.61 Å². The molecule has 2 aromatic heterocycles. The smallest absolute Gasteiger partial charge is 0.357 e. The van der Waals surface area contributed by atoms with Crippen LogP contribution in [0.15, 0.2) is 9.32 Å². The van der Waals surface area contributed by atoms with Crippen LogP contribution in [0.2, 0.25) is 0 Å². The molecular weight excluding hydrogens is 254 g/mol. The normalized spacial score (nSPS) is 11.1. The summed E-state index contributed by atoms with van der Waals surface area (Å²) in [6.07, 6.45) is 0. The molecule has 8 heteroatoms. The molecule has 2 rings (SSSR count). The van der Waals surface area contributed by atoms with Gasteiger partial charge in [-0.05, 0) is 13.8 Å². The van der Waals surface area contributed by atoms with Gasteiger partial charge in [-0.1, -0.05) is 5.16 Å². The first-order valence-corrected chi connectivity index (χ1v) is 5.74. The molecule has 0 fully saturated rings. The minimum Gasteiger partial charge on any atom is -0.476 e. The van der Waals surface area contributed by atoms with Crippen molar-refractivity contribution in [1.29, 1.82) is 0 Å². The van der Waals surface area contributed by atoms with E-state index in [4.69, 9.17) is 14.4 Å². The van der Waals surface area contributed by atoms with E-state index in [0.717, 1.165) is 4.68 Å². The average molecular weight is 267 g/mol. The molecule has 0 radical (unpaired) electrons. The second kappa shape index (κ2) is 5.19. The number of ether oxygens (including phenoxy) is 1. The van der Waals surface area contributed by atoms with Crippen LogP contribution in [0.25, 0.3) is 10.9 Å². The Bertz CT molecular complexity index is 673. The van der Waals surface area contributed by atoms with Crippen molar-refractivity contribution < 1.29 is 19.2 Å². The zero-order chi connectivity index (χ0) is 14.0. The number of rotatable bonds is 5. The van der Waals surface area contributed by atoms with E-state index in [0.29, 0.717) is 6.61 Å². The zero-order valence-electron chi connectivity index (χ0n) is 10.5. The maximum atomic E-state index is 12.0. The minimum atomic E-state index is -1.23. The highest BCUT2D eigenvalue weighted by Crippen LogP contribution is 2.17. The molecule has 0 saturated heterocycles. The fourth-order valence-corrected chi connectivity index (χ4v) is 1.73. The Hall–Kier alpha value is -2.22. The lowest BCUT2D eigenvalue weighted by molar-refractivity contribution is 0.0688. The Morgan fingerprint density at radius 1 is 1.53 bits per heavy atom. The monoisotopic (exact) mass is 267 g/mol. The number of carboxylic acid groups (broad SMARTS) is 1. The number of aromatic carboxylic acids is 1. The molecule has 0 unspecified atom stereocenters. The third-order valence-corrected chi connectivity index (χ3v) is 2.61. The highest BCUT2D eigenvalue weighted by Gasteiger charge is 2.21. The van der Waals surface area contributed by atoms with E-state index in [2.05, 4.69) is 10.3 Å². The lowest BCUT2D eigenvalue weighted by atomic mass is 10.2. The number of fused-ring (bicyclic) bond motifs is 1. The molecule has 0 saturated carbocycles. The summed E-state index contributed by atoms with van der Waals surface area (Å²) in [5.74, 6) is -0.976. The lowest BCUT2D eigenvalue weighted by Crippen LogP contribution is -2.27. The van der Waals surface area contributed by atoms with Crippen molar-refractivity contribution >= 4 is 16.9 Å². The molecule has 19 heavy (non-hydrogen) atoms. The number of carboxylic acids is 1. The van der Waals surface area contributed by atoms with E-state index < -0.39 is 11.5 Å². The van der Waals surface area contributed by atoms with Crippen LogP contribution in [0.3, 0.4) is 0 Å². The van der Waals surface area contributed by atoms with Crippen molar-refractivity contribution in [3.63, 3.8) is 0 Å². The van der Waals surface area contributed by atoms with Crippen molar-refractivity contribution in [3.05, 3.63) is 21.8 Å². The first-order valence-electron chi connectivity index (χ1n) is 5.74. The second-order valence-electron chi connectivity index (χ2n) is 3.84.